The van der Waals surface area contributed by atoms with E-state index in [0.29, 0.717) is 0 Å². The summed E-state index contributed by atoms with van der Waals surface area (Å²) in [6.45, 7) is 4.84. The Bertz CT molecular complexity index is 3030. The van der Waals surface area contributed by atoms with Crippen LogP contribution in [-0.4, -0.2) is 9.13 Å². The Morgan fingerprint density at radius 1 is 0.431 bits per heavy atom. The maximum atomic E-state index is 2.52. The van der Waals surface area contributed by atoms with Crippen molar-refractivity contribution in [1.29, 1.82) is 0 Å². The number of hydrogen-bond donors (Lipinski definition) is 0. The van der Waals surface area contributed by atoms with Gasteiger partial charge in [0.25, 0.3) is 0 Å². The van der Waals surface area contributed by atoms with Crippen LogP contribution in [0.1, 0.15) is 25.0 Å². The molecular weight excluding hydrogens is 617 g/mol. The van der Waals surface area contributed by atoms with Gasteiger partial charge in [-0.25, -0.2) is 0 Å². The molecule has 1 aliphatic rings. The lowest BCUT2D eigenvalue weighted by Crippen LogP contribution is -2.15. The fraction of sp³-hybridized carbons (Fsp3) is 0.0612. The maximum absolute atomic E-state index is 2.52. The van der Waals surface area contributed by atoms with Gasteiger partial charge >= 0.3 is 0 Å². The molecule has 0 spiro atoms. The SMILES string of the molecule is CC1(C)c2ccc3ccccc3c2-c2cc(-c3ccc4c(c3)c3ccccc3n4-c3ccccc3)c3c(c21)c1ccccc1n3-c1ccccc1. The molecule has 2 aromatic heterocycles. The van der Waals surface area contributed by atoms with E-state index < -0.39 is 0 Å². The monoisotopic (exact) mass is 650 g/mol. The molecule has 0 unspecified atom stereocenters. The Morgan fingerprint density at radius 3 is 1.76 bits per heavy atom. The summed E-state index contributed by atoms with van der Waals surface area (Å²) in [5.74, 6) is 0. The largest absolute Gasteiger partial charge is 0.309 e. The average molecular weight is 651 g/mol. The minimum Gasteiger partial charge on any atom is -0.309 e. The van der Waals surface area contributed by atoms with Crippen molar-refractivity contribution in [2.45, 2.75) is 19.3 Å². The van der Waals surface area contributed by atoms with E-state index in [9.17, 15) is 0 Å². The van der Waals surface area contributed by atoms with E-state index in [2.05, 4.69) is 193 Å². The van der Waals surface area contributed by atoms with Crippen LogP contribution in [0.25, 0.3) is 88.0 Å². The molecule has 0 bridgehead atoms. The Morgan fingerprint density at radius 2 is 1.02 bits per heavy atom. The van der Waals surface area contributed by atoms with Gasteiger partial charge in [0, 0.05) is 43.9 Å². The third-order valence-corrected chi connectivity index (χ3v) is 11.4. The first-order valence-corrected chi connectivity index (χ1v) is 17.9. The second kappa shape index (κ2) is 10.3. The fourth-order valence-corrected chi connectivity index (χ4v) is 9.29. The van der Waals surface area contributed by atoms with Crippen molar-refractivity contribution < 1.29 is 0 Å². The molecule has 11 rings (SSSR count). The predicted molar refractivity (Wildman–Crippen MR) is 216 cm³/mol. The number of rotatable bonds is 3. The van der Waals surface area contributed by atoms with E-state index in [1.165, 1.54) is 99.1 Å². The number of para-hydroxylation sites is 4. The highest BCUT2D eigenvalue weighted by molar-refractivity contribution is 6.21. The van der Waals surface area contributed by atoms with Crippen LogP contribution in [0.4, 0.5) is 0 Å². The van der Waals surface area contributed by atoms with E-state index in [4.69, 9.17) is 0 Å². The smallest absolute Gasteiger partial charge is 0.0623 e. The number of nitrogens with zero attached hydrogens (tertiary/aromatic N) is 2. The molecule has 0 aliphatic heterocycles. The van der Waals surface area contributed by atoms with Crippen LogP contribution < -0.4 is 0 Å². The normalized spacial score (nSPS) is 13.5. The molecule has 2 heteroatoms. The maximum Gasteiger partial charge on any atom is 0.0623 e. The van der Waals surface area contributed by atoms with E-state index in [-0.39, 0.29) is 5.41 Å². The summed E-state index contributed by atoms with van der Waals surface area (Å²) in [5.41, 5.74) is 15.1. The molecular formula is C49H34N2. The second-order valence-corrected chi connectivity index (χ2v) is 14.5. The van der Waals surface area contributed by atoms with Gasteiger partial charge in [0.1, 0.15) is 0 Å². The van der Waals surface area contributed by atoms with Gasteiger partial charge < -0.3 is 9.13 Å². The minimum absolute atomic E-state index is 0.190. The molecule has 0 fully saturated rings. The third-order valence-electron chi connectivity index (χ3n) is 11.4. The summed E-state index contributed by atoms with van der Waals surface area (Å²) in [7, 11) is 0. The van der Waals surface area contributed by atoms with Crippen LogP contribution in [0.15, 0.2) is 170 Å². The van der Waals surface area contributed by atoms with Crippen molar-refractivity contribution >= 4 is 54.4 Å². The molecule has 1 aliphatic carbocycles. The van der Waals surface area contributed by atoms with Gasteiger partial charge in [-0.2, -0.15) is 0 Å². The highest BCUT2D eigenvalue weighted by Gasteiger charge is 2.40. The topological polar surface area (TPSA) is 9.86 Å². The standard InChI is InChI=1S/C49H34N2/c1-49(2)41-27-25-31-15-9-10-20-35(31)45(41)40-30-38(48-46(47(40)49)37-22-12-14-24-43(37)51(48)34-18-7-4-8-19-34)32-26-28-44-39(29-32)36-21-11-13-23-42(36)50(44)33-16-5-3-6-17-33/h3-30H,1-2H3. The summed E-state index contributed by atoms with van der Waals surface area (Å²) < 4.78 is 4.91. The first-order chi connectivity index (χ1) is 25.1. The second-order valence-electron chi connectivity index (χ2n) is 14.5. The number of hydrogen-bond acceptors (Lipinski definition) is 0. The van der Waals surface area contributed by atoms with E-state index in [1.54, 1.807) is 0 Å². The van der Waals surface area contributed by atoms with Crippen molar-refractivity contribution in [3.8, 4) is 33.6 Å². The van der Waals surface area contributed by atoms with Gasteiger partial charge in [-0.15, -0.1) is 0 Å². The van der Waals surface area contributed by atoms with Crippen LogP contribution >= 0.6 is 0 Å². The first-order valence-electron chi connectivity index (χ1n) is 17.9. The Hall–Kier alpha value is -6.38. The van der Waals surface area contributed by atoms with Gasteiger partial charge in [0.15, 0.2) is 0 Å². The van der Waals surface area contributed by atoms with Crippen LogP contribution in [0.5, 0.6) is 0 Å². The van der Waals surface area contributed by atoms with Gasteiger partial charge in [-0.1, -0.05) is 129 Å². The van der Waals surface area contributed by atoms with Crippen molar-refractivity contribution in [2.24, 2.45) is 0 Å². The average Bonchev–Trinajstić information content (AvgIpc) is 3.78. The van der Waals surface area contributed by atoms with Crippen LogP contribution in [-0.2, 0) is 5.41 Å². The lowest BCUT2D eigenvalue weighted by atomic mass is 9.79. The molecule has 8 aromatic carbocycles. The van der Waals surface area contributed by atoms with Crippen molar-refractivity contribution in [2.75, 3.05) is 0 Å². The van der Waals surface area contributed by atoms with Crippen LogP contribution in [0, 0.1) is 0 Å². The minimum atomic E-state index is -0.190. The molecule has 51 heavy (non-hydrogen) atoms. The summed E-state index contributed by atoms with van der Waals surface area (Å²) in [5, 5.41) is 7.76. The zero-order valence-corrected chi connectivity index (χ0v) is 28.6. The zero-order valence-electron chi connectivity index (χ0n) is 28.6. The van der Waals surface area contributed by atoms with Gasteiger partial charge in [0.2, 0.25) is 0 Å². The number of aromatic nitrogens is 2. The summed E-state index contributed by atoms with van der Waals surface area (Å²) in [4.78, 5) is 0. The fourth-order valence-electron chi connectivity index (χ4n) is 9.29. The predicted octanol–water partition coefficient (Wildman–Crippen LogP) is 13.0. The lowest BCUT2D eigenvalue weighted by Gasteiger charge is -2.24. The summed E-state index contributed by atoms with van der Waals surface area (Å²) >= 11 is 0. The molecule has 0 amide bonds. The molecule has 10 aromatic rings. The molecule has 0 atom stereocenters. The Labute approximate surface area is 296 Å². The number of benzene rings is 8. The molecule has 0 saturated heterocycles. The summed E-state index contributed by atoms with van der Waals surface area (Å²) in [6.07, 6.45) is 0. The van der Waals surface area contributed by atoms with E-state index in [0.717, 1.165) is 0 Å². The highest BCUT2D eigenvalue weighted by Crippen LogP contribution is 2.57. The van der Waals surface area contributed by atoms with E-state index >= 15 is 0 Å². The molecule has 240 valence electrons. The third kappa shape index (κ3) is 3.82. The quantitative estimate of drug-likeness (QED) is 0.180. The molecule has 2 nitrogen and oxygen atoms in total. The van der Waals surface area contributed by atoms with Crippen molar-refractivity contribution in [3.05, 3.63) is 181 Å². The zero-order chi connectivity index (χ0) is 33.8. The summed E-state index contributed by atoms with van der Waals surface area (Å²) in [6, 6.07) is 62.7. The van der Waals surface area contributed by atoms with E-state index in [1.807, 2.05) is 0 Å². The van der Waals surface area contributed by atoms with Crippen molar-refractivity contribution in [3.63, 3.8) is 0 Å². The molecule has 2 heterocycles. The molecule has 0 saturated carbocycles. The lowest BCUT2D eigenvalue weighted by molar-refractivity contribution is 0.667. The Kier molecular flexibility index (Phi) is 5.76. The van der Waals surface area contributed by atoms with Crippen molar-refractivity contribution in [1.82, 2.24) is 9.13 Å². The number of fused-ring (bicyclic) bond motifs is 12. The molecule has 0 radical (unpaired) electrons. The first kappa shape index (κ1) is 28.5. The van der Waals surface area contributed by atoms with Gasteiger partial charge in [-0.05, 0) is 93.2 Å². The van der Waals surface area contributed by atoms with Crippen LogP contribution in [0.3, 0.4) is 0 Å². The van der Waals surface area contributed by atoms with Gasteiger partial charge in [0.05, 0.1) is 22.1 Å². The highest BCUT2D eigenvalue weighted by atomic mass is 15.0. The Balaban J connectivity index is 1.32. The van der Waals surface area contributed by atoms with Crippen LogP contribution in [0.2, 0.25) is 0 Å². The molecule has 0 N–H and O–H groups in total. The van der Waals surface area contributed by atoms with Gasteiger partial charge in [-0.3, -0.25) is 0 Å².